The average molecular weight is 256 g/mol. The highest BCUT2D eigenvalue weighted by Gasteiger charge is 2.26. The van der Waals surface area contributed by atoms with Crippen molar-refractivity contribution in [2.45, 2.75) is 57.6 Å². The van der Waals surface area contributed by atoms with E-state index >= 15 is 0 Å². The van der Waals surface area contributed by atoms with E-state index in [2.05, 4.69) is 6.92 Å². The third kappa shape index (κ3) is 7.45. The Bertz CT molecular complexity index is 143. The monoisotopic (exact) mass is 256 g/mol. The van der Waals surface area contributed by atoms with Crippen LogP contribution < -0.4 is 0 Å². The molecular weight excluding hydrogens is 234 g/mol. The van der Waals surface area contributed by atoms with Crippen LogP contribution in [0.2, 0.25) is 0 Å². The summed E-state index contributed by atoms with van der Waals surface area (Å²) < 4.78 is 25.4. The van der Waals surface area contributed by atoms with Crippen molar-refractivity contribution >= 4 is 21.6 Å². The normalized spacial score (nSPS) is 15.6. The van der Waals surface area contributed by atoms with Crippen LogP contribution in [0.3, 0.4) is 0 Å². The molecule has 0 amide bonds. The van der Waals surface area contributed by atoms with Crippen LogP contribution in [-0.2, 0) is 0 Å². The van der Waals surface area contributed by atoms with Crippen molar-refractivity contribution < 1.29 is 8.78 Å². The van der Waals surface area contributed by atoms with Gasteiger partial charge in [-0.3, -0.25) is 0 Å². The molecule has 0 aliphatic carbocycles. The zero-order valence-corrected chi connectivity index (χ0v) is 11.5. The van der Waals surface area contributed by atoms with Gasteiger partial charge in [-0.1, -0.05) is 61.1 Å². The summed E-state index contributed by atoms with van der Waals surface area (Å²) in [5.41, 5.74) is 0. The van der Waals surface area contributed by atoms with Crippen LogP contribution in [0.4, 0.5) is 8.78 Å². The lowest BCUT2D eigenvalue weighted by molar-refractivity contribution is 0.124. The number of rotatable bonds is 9. The van der Waals surface area contributed by atoms with Crippen molar-refractivity contribution in [3.63, 3.8) is 0 Å². The fraction of sp³-hybridized carbons (Fsp3) is 1.00. The number of hydrogen-bond donors (Lipinski definition) is 0. The predicted molar refractivity (Wildman–Crippen MR) is 68.8 cm³/mol. The van der Waals surface area contributed by atoms with Gasteiger partial charge in [0.15, 0.2) is 0 Å². The lowest BCUT2D eigenvalue weighted by Gasteiger charge is -2.21. The SMILES string of the molecule is CCCCCCC(C)C(SSC)C(F)F. The molecule has 0 fully saturated rings. The van der Waals surface area contributed by atoms with Crippen LogP contribution in [-0.4, -0.2) is 17.9 Å². The van der Waals surface area contributed by atoms with Crippen LogP contribution in [0.5, 0.6) is 0 Å². The van der Waals surface area contributed by atoms with E-state index in [4.69, 9.17) is 0 Å². The number of halogens is 2. The summed E-state index contributed by atoms with van der Waals surface area (Å²) in [6, 6.07) is 0. The van der Waals surface area contributed by atoms with Gasteiger partial charge in [0.2, 0.25) is 0 Å². The molecular formula is C11H22F2S2. The maximum Gasteiger partial charge on any atom is 0.251 e. The summed E-state index contributed by atoms with van der Waals surface area (Å²) in [6.07, 6.45) is 5.30. The second kappa shape index (κ2) is 9.76. The molecule has 0 aliphatic heterocycles. The van der Waals surface area contributed by atoms with Crippen molar-refractivity contribution in [3.05, 3.63) is 0 Å². The van der Waals surface area contributed by atoms with Gasteiger partial charge in [-0.2, -0.15) is 0 Å². The van der Waals surface area contributed by atoms with Crippen molar-refractivity contribution in [2.75, 3.05) is 6.26 Å². The molecule has 0 saturated heterocycles. The van der Waals surface area contributed by atoms with E-state index in [1.165, 1.54) is 40.9 Å². The van der Waals surface area contributed by atoms with Crippen molar-refractivity contribution in [1.29, 1.82) is 0 Å². The molecule has 2 unspecified atom stereocenters. The highest BCUT2D eigenvalue weighted by molar-refractivity contribution is 8.76. The second-order valence-corrected chi connectivity index (χ2v) is 6.54. The molecule has 2 atom stereocenters. The molecule has 92 valence electrons. The minimum absolute atomic E-state index is 0.124. The molecule has 0 bridgehead atoms. The van der Waals surface area contributed by atoms with Gasteiger partial charge in [0, 0.05) is 0 Å². The first-order valence-electron chi connectivity index (χ1n) is 5.61. The largest absolute Gasteiger partial charge is 0.251 e. The Kier molecular flexibility index (Phi) is 10.1. The molecule has 0 heterocycles. The molecule has 0 aromatic carbocycles. The third-order valence-corrected chi connectivity index (χ3v) is 4.86. The first-order chi connectivity index (χ1) is 7.13. The Morgan fingerprint density at radius 1 is 1.13 bits per heavy atom. The Balaban J connectivity index is 3.76. The quantitative estimate of drug-likeness (QED) is 0.409. The molecule has 0 aliphatic rings. The lowest BCUT2D eigenvalue weighted by Crippen LogP contribution is -2.22. The maximum absolute atomic E-state index is 12.7. The molecule has 0 saturated carbocycles. The molecule has 0 aromatic heterocycles. The molecule has 0 nitrogen and oxygen atoms in total. The topological polar surface area (TPSA) is 0 Å². The zero-order valence-electron chi connectivity index (χ0n) is 9.84. The maximum atomic E-state index is 12.7. The average Bonchev–Trinajstić information content (AvgIpc) is 2.20. The van der Waals surface area contributed by atoms with Gasteiger partial charge >= 0.3 is 0 Å². The molecule has 0 N–H and O–H groups in total. The van der Waals surface area contributed by atoms with Crippen LogP contribution in [0.25, 0.3) is 0 Å². The van der Waals surface area contributed by atoms with Gasteiger partial charge in [0.25, 0.3) is 6.43 Å². The van der Waals surface area contributed by atoms with E-state index < -0.39 is 11.7 Å². The van der Waals surface area contributed by atoms with E-state index in [9.17, 15) is 8.78 Å². The van der Waals surface area contributed by atoms with E-state index in [1.54, 1.807) is 0 Å². The molecule has 0 aromatic rings. The third-order valence-electron chi connectivity index (χ3n) is 2.53. The van der Waals surface area contributed by atoms with E-state index in [-0.39, 0.29) is 5.92 Å². The van der Waals surface area contributed by atoms with Gasteiger partial charge < -0.3 is 0 Å². The summed E-state index contributed by atoms with van der Waals surface area (Å²) >= 11 is 0. The lowest BCUT2D eigenvalue weighted by atomic mass is 9.99. The summed E-state index contributed by atoms with van der Waals surface area (Å²) in [4.78, 5) is 0. The highest BCUT2D eigenvalue weighted by atomic mass is 33.1. The van der Waals surface area contributed by atoms with Gasteiger partial charge in [-0.15, -0.1) is 0 Å². The van der Waals surface area contributed by atoms with Crippen molar-refractivity contribution in [3.8, 4) is 0 Å². The summed E-state index contributed by atoms with van der Waals surface area (Å²) in [5.74, 6) is 0.124. The molecule has 0 radical (unpaired) electrons. The minimum atomic E-state index is -2.19. The molecule has 0 rings (SSSR count). The summed E-state index contributed by atoms with van der Waals surface area (Å²) in [5, 5.41) is -0.498. The summed E-state index contributed by atoms with van der Waals surface area (Å²) in [6.45, 7) is 4.11. The zero-order chi connectivity index (χ0) is 11.7. The minimum Gasteiger partial charge on any atom is -0.209 e. The van der Waals surface area contributed by atoms with Crippen LogP contribution in [0.1, 0.15) is 46.0 Å². The number of alkyl halides is 2. The first-order valence-corrected chi connectivity index (χ1v) is 8.23. The van der Waals surface area contributed by atoms with Gasteiger partial charge in [-0.05, 0) is 18.6 Å². The first kappa shape index (κ1) is 15.6. The highest BCUT2D eigenvalue weighted by Crippen LogP contribution is 2.35. The van der Waals surface area contributed by atoms with Gasteiger partial charge in [0.1, 0.15) is 0 Å². The molecule has 4 heteroatoms. The van der Waals surface area contributed by atoms with E-state index in [0.29, 0.717) is 0 Å². The molecule has 0 spiro atoms. The van der Waals surface area contributed by atoms with Crippen LogP contribution in [0.15, 0.2) is 0 Å². The van der Waals surface area contributed by atoms with E-state index in [0.717, 1.165) is 12.8 Å². The summed E-state index contributed by atoms with van der Waals surface area (Å²) in [7, 11) is 2.77. The van der Waals surface area contributed by atoms with Gasteiger partial charge in [0.05, 0.1) is 5.25 Å². The number of hydrogen-bond acceptors (Lipinski definition) is 2. The van der Waals surface area contributed by atoms with Crippen molar-refractivity contribution in [1.82, 2.24) is 0 Å². The Morgan fingerprint density at radius 3 is 2.27 bits per heavy atom. The fourth-order valence-electron chi connectivity index (χ4n) is 1.55. The smallest absolute Gasteiger partial charge is 0.209 e. The molecule has 15 heavy (non-hydrogen) atoms. The Morgan fingerprint density at radius 2 is 1.80 bits per heavy atom. The standard InChI is InChI=1S/C11H22F2S2/c1-4-5-6-7-8-9(2)10(11(12)13)15-14-3/h9-11H,4-8H2,1-3H3. The predicted octanol–water partition coefficient (Wildman–Crippen LogP) is 5.24. The van der Waals surface area contributed by atoms with Crippen LogP contribution in [0, 0.1) is 5.92 Å². The van der Waals surface area contributed by atoms with E-state index in [1.807, 2.05) is 13.2 Å². The number of unbranched alkanes of at least 4 members (excludes halogenated alkanes) is 3. The Hall–Kier alpha value is 0.560. The Labute approximate surface area is 100 Å². The fourth-order valence-corrected chi connectivity index (χ4v) is 3.67. The van der Waals surface area contributed by atoms with Gasteiger partial charge in [-0.25, -0.2) is 8.78 Å². The van der Waals surface area contributed by atoms with Crippen LogP contribution >= 0.6 is 21.6 Å². The van der Waals surface area contributed by atoms with Crippen molar-refractivity contribution in [2.24, 2.45) is 5.92 Å². The second-order valence-electron chi connectivity index (χ2n) is 3.89.